The highest BCUT2D eigenvalue weighted by Crippen LogP contribution is 2.34. The van der Waals surface area contributed by atoms with E-state index in [4.69, 9.17) is 4.74 Å². The minimum Gasteiger partial charge on any atom is -0.484 e. The largest absolute Gasteiger partial charge is 0.484 e. The van der Waals surface area contributed by atoms with Crippen LogP contribution in [0.4, 0.5) is 10.8 Å². The lowest BCUT2D eigenvalue weighted by Crippen LogP contribution is -2.24. The molecule has 0 saturated carbocycles. The van der Waals surface area contributed by atoms with Gasteiger partial charge in [0.2, 0.25) is 11.0 Å². The number of aromatic nitrogens is 2. The van der Waals surface area contributed by atoms with Crippen molar-refractivity contribution < 1.29 is 14.3 Å². The Morgan fingerprint density at radius 1 is 1.21 bits per heavy atom. The van der Waals surface area contributed by atoms with E-state index in [2.05, 4.69) is 15.5 Å². The second kappa shape index (κ2) is 8.40. The van der Waals surface area contributed by atoms with E-state index in [1.807, 2.05) is 49.4 Å². The van der Waals surface area contributed by atoms with Crippen molar-refractivity contribution in [2.24, 2.45) is 0 Å². The lowest BCUT2D eigenvalue weighted by Gasteiger charge is -2.16. The number of carbonyl (C=O) groups is 2. The molecule has 29 heavy (non-hydrogen) atoms. The van der Waals surface area contributed by atoms with Crippen LogP contribution in [0.5, 0.6) is 5.75 Å². The summed E-state index contributed by atoms with van der Waals surface area (Å²) >= 11 is 1.29. The first-order chi connectivity index (χ1) is 14.1. The van der Waals surface area contributed by atoms with Crippen LogP contribution in [0, 0.1) is 6.92 Å². The van der Waals surface area contributed by atoms with Gasteiger partial charge in [-0.2, -0.15) is 0 Å². The molecule has 1 aliphatic heterocycles. The number of hydrogen-bond acceptors (Lipinski definition) is 6. The van der Waals surface area contributed by atoms with E-state index in [1.165, 1.54) is 11.3 Å². The van der Waals surface area contributed by atoms with Crippen molar-refractivity contribution in [3.8, 4) is 5.75 Å². The van der Waals surface area contributed by atoms with Crippen molar-refractivity contribution in [1.29, 1.82) is 0 Å². The van der Waals surface area contributed by atoms with Gasteiger partial charge in [-0.15, -0.1) is 10.2 Å². The van der Waals surface area contributed by atoms with Crippen molar-refractivity contribution in [3.63, 3.8) is 0 Å². The minimum atomic E-state index is -0.305. The Balaban J connectivity index is 1.35. The topological polar surface area (TPSA) is 84.4 Å². The van der Waals surface area contributed by atoms with Crippen molar-refractivity contribution >= 4 is 34.0 Å². The highest BCUT2D eigenvalue weighted by Gasteiger charge is 2.34. The van der Waals surface area contributed by atoms with Gasteiger partial charge in [0.1, 0.15) is 10.8 Å². The highest BCUT2D eigenvalue weighted by atomic mass is 32.1. The first-order valence-corrected chi connectivity index (χ1v) is 10.1. The van der Waals surface area contributed by atoms with Crippen molar-refractivity contribution in [3.05, 3.63) is 65.2 Å². The number of benzene rings is 2. The van der Waals surface area contributed by atoms with Crippen LogP contribution in [0.3, 0.4) is 0 Å². The van der Waals surface area contributed by atoms with E-state index in [9.17, 15) is 9.59 Å². The maximum absolute atomic E-state index is 12.5. The van der Waals surface area contributed by atoms with Crippen LogP contribution in [0.2, 0.25) is 0 Å². The predicted molar refractivity (Wildman–Crippen MR) is 111 cm³/mol. The number of carbonyl (C=O) groups excluding carboxylic acids is 2. The molecule has 0 aliphatic carbocycles. The predicted octanol–water partition coefficient (Wildman–Crippen LogP) is 3.38. The third kappa shape index (κ3) is 4.60. The molecule has 0 bridgehead atoms. The Bertz CT molecular complexity index is 1020. The van der Waals surface area contributed by atoms with Crippen LogP contribution >= 0.6 is 11.3 Å². The maximum Gasteiger partial charge on any atom is 0.264 e. The molecule has 148 valence electrons. The van der Waals surface area contributed by atoms with Crippen LogP contribution < -0.4 is 15.0 Å². The zero-order valence-electron chi connectivity index (χ0n) is 15.9. The fraction of sp³-hybridized carbons (Fsp3) is 0.238. The molecule has 2 heterocycles. The lowest BCUT2D eigenvalue weighted by molar-refractivity contribution is -0.118. The second-order valence-corrected chi connectivity index (χ2v) is 7.85. The zero-order chi connectivity index (χ0) is 20.2. The SMILES string of the molecule is Cc1cccc(N2CC(c3nnc(NC(=O)COc4ccccc4)s3)CC2=O)c1. The van der Waals surface area contributed by atoms with Crippen LogP contribution in [0.1, 0.15) is 22.9 Å². The summed E-state index contributed by atoms with van der Waals surface area (Å²) in [5.74, 6) is 0.353. The molecule has 7 nitrogen and oxygen atoms in total. The zero-order valence-corrected chi connectivity index (χ0v) is 16.7. The van der Waals surface area contributed by atoms with Gasteiger partial charge in [-0.3, -0.25) is 14.9 Å². The monoisotopic (exact) mass is 408 g/mol. The van der Waals surface area contributed by atoms with Gasteiger partial charge in [-0.1, -0.05) is 41.7 Å². The van der Waals surface area contributed by atoms with Gasteiger partial charge in [0.15, 0.2) is 6.61 Å². The Labute approximate surface area is 172 Å². The molecule has 8 heteroatoms. The number of ether oxygens (including phenoxy) is 1. The molecule has 2 aromatic carbocycles. The van der Waals surface area contributed by atoms with Crippen LogP contribution in [0.25, 0.3) is 0 Å². The average molecular weight is 408 g/mol. The standard InChI is InChI=1S/C21H20N4O3S/c1-14-6-5-7-16(10-14)25-12-15(11-19(25)27)20-23-24-21(29-20)22-18(26)13-28-17-8-3-2-4-9-17/h2-10,15H,11-13H2,1H3,(H,22,24,26). The lowest BCUT2D eigenvalue weighted by atomic mass is 10.1. The summed E-state index contributed by atoms with van der Waals surface area (Å²) in [6.07, 6.45) is 0.383. The average Bonchev–Trinajstić information content (AvgIpc) is 3.34. The summed E-state index contributed by atoms with van der Waals surface area (Å²) in [6.45, 7) is 2.45. The fourth-order valence-corrected chi connectivity index (χ4v) is 4.04. The molecular formula is C21H20N4O3S. The number of aryl methyl sites for hydroxylation is 1. The molecule has 1 unspecified atom stereocenters. The van der Waals surface area contributed by atoms with Gasteiger partial charge in [-0.05, 0) is 36.8 Å². The number of amides is 2. The molecule has 1 N–H and O–H groups in total. The van der Waals surface area contributed by atoms with Crippen LogP contribution in [-0.4, -0.2) is 35.2 Å². The summed E-state index contributed by atoms with van der Waals surface area (Å²) in [5.41, 5.74) is 2.01. The van der Waals surface area contributed by atoms with Gasteiger partial charge in [0.05, 0.1) is 0 Å². The Kier molecular flexibility index (Phi) is 5.53. The number of para-hydroxylation sites is 1. The van der Waals surface area contributed by atoms with E-state index >= 15 is 0 Å². The molecule has 3 aromatic rings. The molecule has 1 aromatic heterocycles. The maximum atomic E-state index is 12.5. The van der Waals surface area contributed by atoms with Gasteiger partial charge >= 0.3 is 0 Å². The van der Waals surface area contributed by atoms with E-state index < -0.39 is 0 Å². The fourth-order valence-electron chi connectivity index (χ4n) is 3.19. The third-order valence-corrected chi connectivity index (χ3v) is 5.59. The van der Waals surface area contributed by atoms with Crippen molar-refractivity contribution in [2.45, 2.75) is 19.3 Å². The molecule has 1 aliphatic rings. The molecule has 0 radical (unpaired) electrons. The van der Waals surface area contributed by atoms with Crippen molar-refractivity contribution in [1.82, 2.24) is 10.2 Å². The number of anilines is 2. The summed E-state index contributed by atoms with van der Waals surface area (Å²) in [7, 11) is 0. The third-order valence-electron chi connectivity index (χ3n) is 4.59. The summed E-state index contributed by atoms with van der Waals surface area (Å²) in [5, 5.41) is 12.1. The molecule has 4 rings (SSSR count). The number of hydrogen-bond donors (Lipinski definition) is 1. The number of nitrogens with zero attached hydrogens (tertiary/aromatic N) is 3. The van der Waals surface area contributed by atoms with Crippen LogP contribution in [0.15, 0.2) is 54.6 Å². The Morgan fingerprint density at radius 2 is 2.03 bits per heavy atom. The Hall–Kier alpha value is -3.26. The highest BCUT2D eigenvalue weighted by molar-refractivity contribution is 7.15. The van der Waals surface area contributed by atoms with Crippen molar-refractivity contribution in [2.75, 3.05) is 23.4 Å². The van der Waals surface area contributed by atoms with Gasteiger partial charge in [0.25, 0.3) is 5.91 Å². The minimum absolute atomic E-state index is 0.0354. The van der Waals surface area contributed by atoms with E-state index in [1.54, 1.807) is 17.0 Å². The summed E-state index contributed by atoms with van der Waals surface area (Å²) in [6, 6.07) is 17.0. The summed E-state index contributed by atoms with van der Waals surface area (Å²) < 4.78 is 5.43. The van der Waals surface area contributed by atoms with Gasteiger partial charge < -0.3 is 9.64 Å². The first-order valence-electron chi connectivity index (χ1n) is 9.26. The molecule has 1 fully saturated rings. The number of nitrogens with one attached hydrogen (secondary N) is 1. The van der Waals surface area contributed by atoms with Gasteiger partial charge in [0, 0.05) is 24.6 Å². The molecule has 1 atom stereocenters. The smallest absolute Gasteiger partial charge is 0.264 e. The van der Waals surface area contributed by atoms with E-state index in [0.29, 0.717) is 23.8 Å². The molecule has 1 saturated heterocycles. The summed E-state index contributed by atoms with van der Waals surface area (Å²) in [4.78, 5) is 26.3. The molecular weight excluding hydrogens is 388 g/mol. The molecule has 0 spiro atoms. The second-order valence-electron chi connectivity index (χ2n) is 6.84. The van der Waals surface area contributed by atoms with Crippen LogP contribution in [-0.2, 0) is 9.59 Å². The Morgan fingerprint density at radius 3 is 2.83 bits per heavy atom. The quantitative estimate of drug-likeness (QED) is 0.676. The van der Waals surface area contributed by atoms with E-state index in [-0.39, 0.29) is 24.3 Å². The first kappa shape index (κ1) is 19.1. The normalized spacial score (nSPS) is 16.1. The number of rotatable bonds is 6. The molecule has 2 amide bonds. The van der Waals surface area contributed by atoms with Gasteiger partial charge in [-0.25, -0.2) is 0 Å². The van der Waals surface area contributed by atoms with E-state index in [0.717, 1.165) is 16.3 Å².